The zero-order valence-corrected chi connectivity index (χ0v) is 8.33. The zero-order valence-electron chi connectivity index (χ0n) is 8.33. The number of nitrogens with zero attached hydrogens (tertiary/aromatic N) is 1. The Labute approximate surface area is 83.6 Å². The molecule has 1 aliphatic carbocycles. The van der Waals surface area contributed by atoms with Crippen molar-refractivity contribution in [1.82, 2.24) is 10.3 Å². The van der Waals surface area contributed by atoms with Gasteiger partial charge in [0.25, 0.3) is 0 Å². The Balaban J connectivity index is 2.08. The van der Waals surface area contributed by atoms with Crippen LogP contribution in [0.3, 0.4) is 0 Å². The van der Waals surface area contributed by atoms with E-state index in [0.29, 0.717) is 11.8 Å². The lowest BCUT2D eigenvalue weighted by atomic mass is 9.70. The van der Waals surface area contributed by atoms with Crippen molar-refractivity contribution in [2.45, 2.75) is 18.8 Å². The molecule has 2 atom stereocenters. The highest BCUT2D eigenvalue weighted by atomic mass is 19.1. The molecule has 2 unspecified atom stereocenters. The SMILES string of the molecule is CNCC1CCC1c1cncc(F)c1. The van der Waals surface area contributed by atoms with Gasteiger partial charge in [0.05, 0.1) is 6.20 Å². The predicted octanol–water partition coefficient (Wildman–Crippen LogP) is 1.93. The van der Waals surface area contributed by atoms with Crippen LogP contribution in [0.15, 0.2) is 18.5 Å². The fraction of sp³-hybridized carbons (Fsp3) is 0.545. The molecule has 1 aliphatic rings. The number of pyridine rings is 1. The summed E-state index contributed by atoms with van der Waals surface area (Å²) in [5.41, 5.74) is 1.05. The molecule has 0 aromatic carbocycles. The van der Waals surface area contributed by atoms with Crippen molar-refractivity contribution in [3.05, 3.63) is 29.8 Å². The number of halogens is 1. The van der Waals surface area contributed by atoms with Gasteiger partial charge in [0.1, 0.15) is 5.82 Å². The minimum absolute atomic E-state index is 0.224. The highest BCUT2D eigenvalue weighted by Crippen LogP contribution is 2.41. The van der Waals surface area contributed by atoms with Crippen molar-refractivity contribution in [3.63, 3.8) is 0 Å². The summed E-state index contributed by atoms with van der Waals surface area (Å²) >= 11 is 0. The lowest BCUT2D eigenvalue weighted by Gasteiger charge is -2.36. The molecule has 14 heavy (non-hydrogen) atoms. The second-order valence-corrected chi connectivity index (χ2v) is 3.94. The highest BCUT2D eigenvalue weighted by molar-refractivity contribution is 5.19. The number of hydrogen-bond acceptors (Lipinski definition) is 2. The molecule has 1 aromatic heterocycles. The monoisotopic (exact) mass is 194 g/mol. The number of nitrogens with one attached hydrogen (secondary N) is 1. The first-order valence-corrected chi connectivity index (χ1v) is 5.06. The Kier molecular flexibility index (Phi) is 2.77. The summed E-state index contributed by atoms with van der Waals surface area (Å²) in [5.74, 6) is 0.937. The van der Waals surface area contributed by atoms with E-state index in [-0.39, 0.29) is 5.82 Å². The van der Waals surface area contributed by atoms with Crippen LogP contribution in [-0.4, -0.2) is 18.6 Å². The predicted molar refractivity (Wildman–Crippen MR) is 53.6 cm³/mol. The fourth-order valence-corrected chi connectivity index (χ4v) is 2.15. The zero-order chi connectivity index (χ0) is 9.97. The van der Waals surface area contributed by atoms with Crippen LogP contribution in [0.2, 0.25) is 0 Å². The van der Waals surface area contributed by atoms with E-state index in [4.69, 9.17) is 0 Å². The van der Waals surface area contributed by atoms with Crippen LogP contribution < -0.4 is 5.32 Å². The maximum absolute atomic E-state index is 12.9. The van der Waals surface area contributed by atoms with Crippen LogP contribution in [0.25, 0.3) is 0 Å². The van der Waals surface area contributed by atoms with Gasteiger partial charge in [0.15, 0.2) is 0 Å². The van der Waals surface area contributed by atoms with Gasteiger partial charge in [-0.15, -0.1) is 0 Å². The molecule has 1 N–H and O–H groups in total. The molecular formula is C11H15FN2. The van der Waals surface area contributed by atoms with Gasteiger partial charge in [-0.05, 0) is 49.9 Å². The van der Waals surface area contributed by atoms with E-state index in [9.17, 15) is 4.39 Å². The Hall–Kier alpha value is -0.960. The average Bonchev–Trinajstić information content (AvgIpc) is 2.12. The molecule has 0 amide bonds. The second kappa shape index (κ2) is 4.05. The van der Waals surface area contributed by atoms with Gasteiger partial charge in [-0.25, -0.2) is 4.39 Å². The molecule has 1 heterocycles. The maximum Gasteiger partial charge on any atom is 0.141 e. The largest absolute Gasteiger partial charge is 0.319 e. The molecule has 1 aromatic rings. The number of hydrogen-bond donors (Lipinski definition) is 1. The minimum atomic E-state index is -0.224. The lowest BCUT2D eigenvalue weighted by molar-refractivity contribution is 0.249. The third-order valence-corrected chi connectivity index (χ3v) is 3.04. The van der Waals surface area contributed by atoms with E-state index in [1.807, 2.05) is 7.05 Å². The highest BCUT2D eigenvalue weighted by Gasteiger charge is 2.31. The van der Waals surface area contributed by atoms with Gasteiger partial charge in [-0.3, -0.25) is 4.98 Å². The summed E-state index contributed by atoms with van der Waals surface area (Å²) < 4.78 is 12.9. The van der Waals surface area contributed by atoms with Crippen molar-refractivity contribution < 1.29 is 4.39 Å². The summed E-state index contributed by atoms with van der Waals surface area (Å²) in [6.45, 7) is 1.02. The molecule has 76 valence electrons. The summed E-state index contributed by atoms with van der Waals surface area (Å²) in [6.07, 6.45) is 5.45. The Bertz CT molecular complexity index is 314. The molecular weight excluding hydrogens is 179 g/mol. The molecule has 0 spiro atoms. The smallest absolute Gasteiger partial charge is 0.141 e. The molecule has 3 heteroatoms. The normalized spacial score (nSPS) is 25.9. The summed E-state index contributed by atoms with van der Waals surface area (Å²) in [5, 5.41) is 3.17. The number of aromatic nitrogens is 1. The van der Waals surface area contributed by atoms with Crippen LogP contribution in [-0.2, 0) is 0 Å². The van der Waals surface area contributed by atoms with Crippen molar-refractivity contribution >= 4 is 0 Å². The summed E-state index contributed by atoms with van der Waals surface area (Å²) in [6, 6.07) is 1.61. The third-order valence-electron chi connectivity index (χ3n) is 3.04. The van der Waals surface area contributed by atoms with E-state index in [0.717, 1.165) is 18.5 Å². The van der Waals surface area contributed by atoms with Gasteiger partial charge in [0.2, 0.25) is 0 Å². The summed E-state index contributed by atoms with van der Waals surface area (Å²) in [7, 11) is 1.96. The van der Waals surface area contributed by atoms with E-state index in [1.54, 1.807) is 12.3 Å². The van der Waals surface area contributed by atoms with Crippen LogP contribution in [0.1, 0.15) is 24.3 Å². The maximum atomic E-state index is 12.9. The molecule has 2 rings (SSSR count). The first-order chi connectivity index (χ1) is 6.81. The topological polar surface area (TPSA) is 24.9 Å². The molecule has 1 fully saturated rings. The van der Waals surface area contributed by atoms with Crippen molar-refractivity contribution in [1.29, 1.82) is 0 Å². The van der Waals surface area contributed by atoms with Gasteiger partial charge >= 0.3 is 0 Å². The molecule has 0 radical (unpaired) electrons. The van der Waals surface area contributed by atoms with E-state index >= 15 is 0 Å². The van der Waals surface area contributed by atoms with E-state index in [2.05, 4.69) is 10.3 Å². The molecule has 2 nitrogen and oxygen atoms in total. The van der Waals surface area contributed by atoms with Gasteiger partial charge in [-0.2, -0.15) is 0 Å². The Morgan fingerprint density at radius 2 is 2.36 bits per heavy atom. The third kappa shape index (κ3) is 1.77. The van der Waals surface area contributed by atoms with Crippen LogP contribution >= 0.6 is 0 Å². The summed E-state index contributed by atoms with van der Waals surface area (Å²) in [4.78, 5) is 3.89. The molecule has 1 saturated carbocycles. The van der Waals surface area contributed by atoms with Crippen molar-refractivity contribution in [2.24, 2.45) is 5.92 Å². The van der Waals surface area contributed by atoms with Crippen LogP contribution in [0.4, 0.5) is 4.39 Å². The molecule has 0 aliphatic heterocycles. The lowest BCUT2D eigenvalue weighted by Crippen LogP contribution is -2.32. The van der Waals surface area contributed by atoms with Gasteiger partial charge < -0.3 is 5.32 Å². The fourth-order valence-electron chi connectivity index (χ4n) is 2.15. The number of rotatable bonds is 3. The van der Waals surface area contributed by atoms with E-state index < -0.39 is 0 Å². The van der Waals surface area contributed by atoms with Gasteiger partial charge in [0, 0.05) is 6.20 Å². The Morgan fingerprint density at radius 1 is 1.50 bits per heavy atom. The minimum Gasteiger partial charge on any atom is -0.319 e. The first kappa shape index (κ1) is 9.59. The average molecular weight is 194 g/mol. The van der Waals surface area contributed by atoms with Crippen molar-refractivity contribution in [2.75, 3.05) is 13.6 Å². The first-order valence-electron chi connectivity index (χ1n) is 5.06. The van der Waals surface area contributed by atoms with Crippen LogP contribution in [0, 0.1) is 11.7 Å². The quantitative estimate of drug-likeness (QED) is 0.795. The molecule has 0 bridgehead atoms. The van der Waals surface area contributed by atoms with Gasteiger partial charge in [-0.1, -0.05) is 0 Å². The van der Waals surface area contributed by atoms with E-state index in [1.165, 1.54) is 12.6 Å². The second-order valence-electron chi connectivity index (χ2n) is 3.94. The molecule has 0 saturated heterocycles. The standard InChI is InChI=1S/C11H15FN2/c1-13-5-8-2-3-11(8)9-4-10(12)7-14-6-9/h4,6-8,11,13H,2-3,5H2,1H3. The van der Waals surface area contributed by atoms with Crippen molar-refractivity contribution in [3.8, 4) is 0 Å². The van der Waals surface area contributed by atoms with Crippen LogP contribution in [0.5, 0.6) is 0 Å². The Morgan fingerprint density at radius 3 is 2.93 bits per heavy atom.